The van der Waals surface area contributed by atoms with Crippen LogP contribution < -0.4 is 5.32 Å². The predicted octanol–water partition coefficient (Wildman–Crippen LogP) is 2.17. The summed E-state index contributed by atoms with van der Waals surface area (Å²) < 4.78 is 0. The van der Waals surface area contributed by atoms with Crippen molar-refractivity contribution in [3.8, 4) is 0 Å². The number of hydrogen-bond donors (Lipinski definition) is 2. The molecule has 2 unspecified atom stereocenters. The summed E-state index contributed by atoms with van der Waals surface area (Å²) in [7, 11) is 0. The summed E-state index contributed by atoms with van der Waals surface area (Å²) in [5, 5.41) is 13.8. The highest BCUT2D eigenvalue weighted by Crippen LogP contribution is 2.46. The summed E-state index contributed by atoms with van der Waals surface area (Å²) >= 11 is 0. The summed E-state index contributed by atoms with van der Waals surface area (Å²) in [6.07, 6.45) is 3.20. The van der Waals surface area contributed by atoms with Gasteiger partial charge in [0.2, 0.25) is 0 Å². The minimum atomic E-state index is -0.474. The molecule has 0 aromatic rings. The van der Waals surface area contributed by atoms with E-state index in [1.54, 1.807) is 0 Å². The van der Waals surface area contributed by atoms with Crippen molar-refractivity contribution in [2.45, 2.75) is 52.6 Å². The highest BCUT2D eigenvalue weighted by Gasteiger charge is 2.46. The maximum absolute atomic E-state index is 10.5. The Morgan fingerprint density at radius 1 is 1.43 bits per heavy atom. The summed E-state index contributed by atoms with van der Waals surface area (Å²) in [6, 6.07) is 0. The van der Waals surface area contributed by atoms with Crippen LogP contribution in [0.25, 0.3) is 0 Å². The van der Waals surface area contributed by atoms with Gasteiger partial charge < -0.3 is 10.4 Å². The second kappa shape index (κ2) is 4.19. The molecule has 0 radical (unpaired) electrons. The maximum Gasteiger partial charge on any atom is 0.0802 e. The summed E-state index contributed by atoms with van der Waals surface area (Å²) in [5.74, 6) is 0.418. The van der Waals surface area contributed by atoms with E-state index in [1.807, 2.05) is 0 Å². The zero-order valence-electron chi connectivity index (χ0n) is 10.1. The van der Waals surface area contributed by atoms with E-state index in [0.29, 0.717) is 11.3 Å². The lowest BCUT2D eigenvalue weighted by Gasteiger charge is -2.28. The monoisotopic (exact) mass is 199 g/mol. The van der Waals surface area contributed by atoms with E-state index in [2.05, 4.69) is 33.0 Å². The smallest absolute Gasteiger partial charge is 0.0802 e. The molecule has 14 heavy (non-hydrogen) atoms. The van der Waals surface area contributed by atoms with Crippen LogP contribution in [-0.2, 0) is 0 Å². The molecular weight excluding hydrogens is 174 g/mol. The van der Waals surface area contributed by atoms with Crippen LogP contribution in [0.5, 0.6) is 0 Å². The molecule has 1 rings (SSSR count). The molecule has 0 spiro atoms. The van der Waals surface area contributed by atoms with E-state index >= 15 is 0 Å². The van der Waals surface area contributed by atoms with Crippen molar-refractivity contribution in [3.63, 3.8) is 0 Å². The zero-order chi connectivity index (χ0) is 10.8. The largest absolute Gasteiger partial charge is 0.388 e. The van der Waals surface area contributed by atoms with E-state index in [4.69, 9.17) is 0 Å². The minimum Gasteiger partial charge on any atom is -0.388 e. The van der Waals surface area contributed by atoms with Gasteiger partial charge in [-0.25, -0.2) is 0 Å². The van der Waals surface area contributed by atoms with Crippen LogP contribution in [0, 0.1) is 11.3 Å². The average molecular weight is 199 g/mol. The molecule has 0 aromatic heterocycles. The first-order valence-corrected chi connectivity index (χ1v) is 5.83. The Morgan fingerprint density at radius 3 is 2.50 bits per heavy atom. The lowest BCUT2D eigenvalue weighted by Crippen LogP contribution is -2.43. The fourth-order valence-electron chi connectivity index (χ4n) is 2.81. The van der Waals surface area contributed by atoms with Crippen molar-refractivity contribution >= 4 is 0 Å². The SMILES string of the molecule is CCCNCC1(O)CC(C)(C)CC1C. The van der Waals surface area contributed by atoms with Gasteiger partial charge in [-0.2, -0.15) is 0 Å². The van der Waals surface area contributed by atoms with Crippen molar-refractivity contribution in [1.82, 2.24) is 5.32 Å². The molecule has 2 N–H and O–H groups in total. The molecule has 0 heterocycles. The molecule has 1 saturated carbocycles. The number of rotatable bonds is 4. The Morgan fingerprint density at radius 2 is 2.07 bits per heavy atom. The lowest BCUT2D eigenvalue weighted by atomic mass is 9.89. The van der Waals surface area contributed by atoms with Crippen molar-refractivity contribution in [2.24, 2.45) is 11.3 Å². The second-order valence-electron chi connectivity index (χ2n) is 5.73. The van der Waals surface area contributed by atoms with Crippen LogP contribution in [0.1, 0.15) is 47.0 Å². The zero-order valence-corrected chi connectivity index (χ0v) is 10.1. The lowest BCUT2D eigenvalue weighted by molar-refractivity contribution is 0.00512. The Balaban J connectivity index is 2.48. The molecule has 0 amide bonds. The highest BCUT2D eigenvalue weighted by molar-refractivity contribution is 4.99. The van der Waals surface area contributed by atoms with Crippen molar-refractivity contribution in [3.05, 3.63) is 0 Å². The second-order valence-corrected chi connectivity index (χ2v) is 5.73. The summed E-state index contributed by atoms with van der Waals surface area (Å²) in [4.78, 5) is 0. The van der Waals surface area contributed by atoms with Crippen molar-refractivity contribution in [2.75, 3.05) is 13.1 Å². The van der Waals surface area contributed by atoms with Gasteiger partial charge in [-0.05, 0) is 37.1 Å². The standard InChI is InChI=1S/C12H25NO/c1-5-6-13-9-12(14)8-11(3,4)7-10(12)2/h10,13-14H,5-9H2,1-4H3. The molecule has 0 aromatic carbocycles. The Hall–Kier alpha value is -0.0800. The molecular formula is C12H25NO. The van der Waals surface area contributed by atoms with Gasteiger partial charge in [0, 0.05) is 6.54 Å². The van der Waals surface area contributed by atoms with Gasteiger partial charge in [-0.1, -0.05) is 27.7 Å². The third-order valence-electron chi connectivity index (χ3n) is 3.42. The molecule has 2 nitrogen and oxygen atoms in total. The van der Waals surface area contributed by atoms with Crippen LogP contribution in [0.2, 0.25) is 0 Å². The van der Waals surface area contributed by atoms with Crippen molar-refractivity contribution < 1.29 is 5.11 Å². The molecule has 2 heteroatoms. The molecule has 1 aliphatic carbocycles. The van der Waals surface area contributed by atoms with Crippen LogP contribution in [-0.4, -0.2) is 23.8 Å². The molecule has 0 aliphatic heterocycles. The Labute approximate surface area is 88.1 Å². The van der Waals surface area contributed by atoms with Crippen molar-refractivity contribution in [1.29, 1.82) is 0 Å². The number of aliphatic hydroxyl groups is 1. The quantitative estimate of drug-likeness (QED) is 0.680. The van der Waals surface area contributed by atoms with Gasteiger partial charge in [-0.15, -0.1) is 0 Å². The predicted molar refractivity (Wildman–Crippen MR) is 60.3 cm³/mol. The first kappa shape index (κ1) is 12.0. The van der Waals surface area contributed by atoms with Crippen LogP contribution >= 0.6 is 0 Å². The third kappa shape index (κ3) is 2.71. The van der Waals surface area contributed by atoms with Gasteiger partial charge in [-0.3, -0.25) is 0 Å². The Bertz CT molecular complexity index is 191. The fraction of sp³-hybridized carbons (Fsp3) is 1.00. The highest BCUT2D eigenvalue weighted by atomic mass is 16.3. The molecule has 2 atom stereocenters. The maximum atomic E-state index is 10.5. The minimum absolute atomic E-state index is 0.308. The van der Waals surface area contributed by atoms with Crippen LogP contribution in [0.15, 0.2) is 0 Å². The summed E-state index contributed by atoms with van der Waals surface area (Å²) in [6.45, 7) is 10.6. The van der Waals surface area contributed by atoms with Crippen LogP contribution in [0.3, 0.4) is 0 Å². The van der Waals surface area contributed by atoms with E-state index in [1.165, 1.54) is 0 Å². The number of nitrogens with one attached hydrogen (secondary N) is 1. The van der Waals surface area contributed by atoms with Gasteiger partial charge >= 0.3 is 0 Å². The number of hydrogen-bond acceptors (Lipinski definition) is 2. The average Bonchev–Trinajstić information content (AvgIpc) is 2.21. The van der Waals surface area contributed by atoms with E-state index < -0.39 is 5.60 Å². The first-order chi connectivity index (χ1) is 6.40. The summed E-state index contributed by atoms with van der Waals surface area (Å²) in [5.41, 5.74) is -0.166. The third-order valence-corrected chi connectivity index (χ3v) is 3.42. The van der Waals surface area contributed by atoms with E-state index in [-0.39, 0.29) is 0 Å². The topological polar surface area (TPSA) is 32.3 Å². The molecule has 84 valence electrons. The van der Waals surface area contributed by atoms with E-state index in [9.17, 15) is 5.11 Å². The van der Waals surface area contributed by atoms with Crippen LogP contribution in [0.4, 0.5) is 0 Å². The van der Waals surface area contributed by atoms with Gasteiger partial charge in [0.1, 0.15) is 0 Å². The van der Waals surface area contributed by atoms with Gasteiger partial charge in [0.05, 0.1) is 5.60 Å². The molecule has 1 aliphatic rings. The van der Waals surface area contributed by atoms with Gasteiger partial charge in [0.15, 0.2) is 0 Å². The van der Waals surface area contributed by atoms with E-state index in [0.717, 1.165) is 32.4 Å². The first-order valence-electron chi connectivity index (χ1n) is 5.83. The molecule has 0 bridgehead atoms. The Kier molecular flexibility index (Phi) is 3.59. The van der Waals surface area contributed by atoms with Gasteiger partial charge in [0.25, 0.3) is 0 Å². The fourth-order valence-corrected chi connectivity index (χ4v) is 2.81. The molecule has 1 fully saturated rings. The normalized spacial score (nSPS) is 36.2. The molecule has 0 saturated heterocycles.